The van der Waals surface area contributed by atoms with E-state index < -0.39 is 0 Å². The first-order valence-corrected chi connectivity index (χ1v) is 9.80. The zero-order chi connectivity index (χ0) is 17.7. The van der Waals surface area contributed by atoms with Gasteiger partial charge < -0.3 is 20.6 Å². The number of phenolic OH excluding ortho intramolecular Hbond substituents is 1. The normalized spacial score (nSPS) is 16.4. The maximum Gasteiger partial charge on any atom is 0.191 e. The van der Waals surface area contributed by atoms with Gasteiger partial charge in [-0.2, -0.15) is 0 Å². The summed E-state index contributed by atoms with van der Waals surface area (Å²) in [5.41, 5.74) is 1.13. The average Bonchev–Trinajstić information content (AvgIpc) is 2.87. The van der Waals surface area contributed by atoms with E-state index in [4.69, 9.17) is 0 Å². The quantitative estimate of drug-likeness (QED) is 0.385. The van der Waals surface area contributed by atoms with Gasteiger partial charge in [-0.1, -0.05) is 25.0 Å². The smallest absolute Gasteiger partial charge is 0.191 e. The first-order valence-electron chi connectivity index (χ1n) is 9.80. The van der Waals surface area contributed by atoms with Gasteiger partial charge in [0, 0.05) is 19.6 Å². The van der Waals surface area contributed by atoms with Crippen molar-refractivity contribution in [2.45, 2.75) is 45.4 Å². The Morgan fingerprint density at radius 1 is 1.16 bits per heavy atom. The molecule has 1 aromatic carbocycles. The van der Waals surface area contributed by atoms with E-state index in [1.807, 2.05) is 18.2 Å². The van der Waals surface area contributed by atoms with Crippen molar-refractivity contribution >= 4 is 5.96 Å². The monoisotopic (exact) mass is 346 g/mol. The van der Waals surface area contributed by atoms with E-state index in [0.717, 1.165) is 50.5 Å². The van der Waals surface area contributed by atoms with E-state index in [1.165, 1.54) is 38.8 Å². The molecule has 0 atom stereocenters. The number of nitrogens with one attached hydrogen (secondary N) is 2. The van der Waals surface area contributed by atoms with E-state index in [2.05, 4.69) is 27.4 Å². The Kier molecular flexibility index (Phi) is 9.19. The van der Waals surface area contributed by atoms with Crippen molar-refractivity contribution < 1.29 is 5.11 Å². The second-order valence-electron chi connectivity index (χ2n) is 6.72. The van der Waals surface area contributed by atoms with Crippen LogP contribution >= 0.6 is 0 Å². The summed E-state index contributed by atoms with van der Waals surface area (Å²) in [6.07, 6.45) is 7.46. The van der Waals surface area contributed by atoms with Crippen LogP contribution in [0.25, 0.3) is 0 Å². The highest BCUT2D eigenvalue weighted by Crippen LogP contribution is 2.11. The highest BCUT2D eigenvalue weighted by molar-refractivity contribution is 5.79. The van der Waals surface area contributed by atoms with Crippen LogP contribution in [0, 0.1) is 0 Å². The van der Waals surface area contributed by atoms with Gasteiger partial charge in [0.2, 0.25) is 0 Å². The molecule has 0 aromatic heterocycles. The van der Waals surface area contributed by atoms with Gasteiger partial charge in [-0.15, -0.1) is 0 Å². The van der Waals surface area contributed by atoms with Gasteiger partial charge in [-0.05, 0) is 69.9 Å². The molecule has 0 bridgehead atoms. The largest absolute Gasteiger partial charge is 0.508 e. The lowest BCUT2D eigenvalue weighted by Gasteiger charge is -2.19. The summed E-state index contributed by atoms with van der Waals surface area (Å²) >= 11 is 0. The molecule has 140 valence electrons. The Balaban J connectivity index is 1.68. The molecule has 1 heterocycles. The molecular formula is C20H34N4O. The Morgan fingerprint density at radius 2 is 1.96 bits per heavy atom. The molecule has 1 fully saturated rings. The molecule has 5 heteroatoms. The summed E-state index contributed by atoms with van der Waals surface area (Å²) in [5.74, 6) is 1.21. The molecule has 1 aromatic rings. The maximum atomic E-state index is 9.51. The molecule has 0 amide bonds. The van der Waals surface area contributed by atoms with Crippen molar-refractivity contribution in [2.75, 3.05) is 39.3 Å². The summed E-state index contributed by atoms with van der Waals surface area (Å²) in [4.78, 5) is 7.28. The fourth-order valence-corrected chi connectivity index (χ4v) is 3.22. The van der Waals surface area contributed by atoms with Gasteiger partial charge in [0.25, 0.3) is 0 Å². The minimum absolute atomic E-state index is 0.326. The molecule has 1 saturated heterocycles. The average molecular weight is 347 g/mol. The van der Waals surface area contributed by atoms with Gasteiger partial charge >= 0.3 is 0 Å². The first kappa shape index (κ1) is 19.6. The van der Waals surface area contributed by atoms with Crippen molar-refractivity contribution in [3.8, 4) is 5.75 Å². The van der Waals surface area contributed by atoms with Crippen LogP contribution in [0.4, 0.5) is 0 Å². The molecule has 0 unspecified atom stereocenters. The van der Waals surface area contributed by atoms with Crippen LogP contribution < -0.4 is 10.6 Å². The molecule has 0 saturated carbocycles. The predicted molar refractivity (Wildman–Crippen MR) is 105 cm³/mol. The number of phenols is 1. The van der Waals surface area contributed by atoms with E-state index >= 15 is 0 Å². The number of rotatable bonds is 8. The first-order chi connectivity index (χ1) is 12.3. The van der Waals surface area contributed by atoms with Crippen molar-refractivity contribution in [1.82, 2.24) is 15.5 Å². The maximum absolute atomic E-state index is 9.51. The number of nitrogens with zero attached hydrogens (tertiary/aromatic N) is 2. The lowest BCUT2D eigenvalue weighted by Crippen LogP contribution is -2.38. The molecule has 0 radical (unpaired) electrons. The number of likely N-dealkylation sites (tertiary alicyclic amines) is 1. The van der Waals surface area contributed by atoms with E-state index in [9.17, 15) is 5.11 Å². The van der Waals surface area contributed by atoms with Crippen molar-refractivity contribution in [3.63, 3.8) is 0 Å². The van der Waals surface area contributed by atoms with Crippen LogP contribution in [0.3, 0.4) is 0 Å². The molecule has 1 aliphatic rings. The third-order valence-electron chi connectivity index (χ3n) is 4.56. The summed E-state index contributed by atoms with van der Waals surface area (Å²) in [6.45, 7) is 8.29. The van der Waals surface area contributed by atoms with Gasteiger partial charge in [0.1, 0.15) is 5.75 Å². The summed E-state index contributed by atoms with van der Waals surface area (Å²) in [6, 6.07) is 7.43. The van der Waals surface area contributed by atoms with Gasteiger partial charge in [-0.25, -0.2) is 0 Å². The van der Waals surface area contributed by atoms with E-state index in [-0.39, 0.29) is 0 Å². The molecule has 0 spiro atoms. The Morgan fingerprint density at radius 3 is 2.68 bits per heavy atom. The van der Waals surface area contributed by atoms with Crippen LogP contribution in [0.2, 0.25) is 0 Å². The fourth-order valence-electron chi connectivity index (χ4n) is 3.22. The van der Waals surface area contributed by atoms with Gasteiger partial charge in [-0.3, -0.25) is 4.99 Å². The molecular weight excluding hydrogens is 312 g/mol. The van der Waals surface area contributed by atoms with Crippen LogP contribution in [0.1, 0.15) is 44.6 Å². The molecule has 1 aliphatic heterocycles. The van der Waals surface area contributed by atoms with E-state index in [1.54, 1.807) is 6.07 Å². The van der Waals surface area contributed by atoms with Crippen molar-refractivity contribution in [2.24, 2.45) is 4.99 Å². The summed E-state index contributed by atoms with van der Waals surface area (Å²) in [7, 11) is 0. The van der Waals surface area contributed by atoms with E-state index in [0.29, 0.717) is 5.75 Å². The molecule has 2 rings (SSSR count). The second-order valence-corrected chi connectivity index (χ2v) is 6.72. The highest BCUT2D eigenvalue weighted by atomic mass is 16.3. The topological polar surface area (TPSA) is 59.9 Å². The Labute approximate surface area is 152 Å². The van der Waals surface area contributed by atoms with Crippen LogP contribution in [0.5, 0.6) is 5.75 Å². The molecule has 5 nitrogen and oxygen atoms in total. The second kappa shape index (κ2) is 11.7. The molecule has 3 N–H and O–H groups in total. The molecule has 25 heavy (non-hydrogen) atoms. The summed E-state index contributed by atoms with van der Waals surface area (Å²) < 4.78 is 0. The van der Waals surface area contributed by atoms with Gasteiger partial charge in [0.15, 0.2) is 5.96 Å². The molecule has 0 aliphatic carbocycles. The number of guanidine groups is 1. The fraction of sp³-hybridized carbons (Fsp3) is 0.650. The number of aromatic hydroxyl groups is 1. The lowest BCUT2D eigenvalue weighted by molar-refractivity contribution is 0.283. The zero-order valence-corrected chi connectivity index (χ0v) is 15.6. The van der Waals surface area contributed by atoms with Gasteiger partial charge in [0.05, 0.1) is 0 Å². The minimum Gasteiger partial charge on any atom is -0.508 e. The zero-order valence-electron chi connectivity index (χ0n) is 15.6. The number of hydrogen-bond acceptors (Lipinski definition) is 3. The van der Waals surface area contributed by atoms with Crippen LogP contribution in [-0.4, -0.2) is 55.2 Å². The SMILES string of the molecule is CCNC(=NCCCN1CCCCCC1)NCCc1cccc(O)c1. The third kappa shape index (κ3) is 8.25. The standard InChI is InChI=1S/C20H34N4O/c1-2-21-20(23-13-11-18-9-7-10-19(25)17-18)22-12-8-16-24-14-5-3-4-6-15-24/h7,9-10,17,25H,2-6,8,11-16H2,1H3,(H2,21,22,23). The van der Waals surface area contributed by atoms with Crippen molar-refractivity contribution in [3.05, 3.63) is 29.8 Å². The predicted octanol–water partition coefficient (Wildman–Crippen LogP) is 2.76. The third-order valence-corrected chi connectivity index (χ3v) is 4.56. The Bertz CT molecular complexity index is 510. The number of aliphatic imine (C=N–C) groups is 1. The number of benzene rings is 1. The number of hydrogen-bond donors (Lipinski definition) is 3. The Hall–Kier alpha value is -1.75. The summed E-state index contributed by atoms with van der Waals surface area (Å²) in [5, 5.41) is 16.2. The van der Waals surface area contributed by atoms with Crippen LogP contribution in [-0.2, 0) is 6.42 Å². The minimum atomic E-state index is 0.326. The van der Waals surface area contributed by atoms with Crippen LogP contribution in [0.15, 0.2) is 29.3 Å². The lowest BCUT2D eigenvalue weighted by atomic mass is 10.1. The van der Waals surface area contributed by atoms with Crippen molar-refractivity contribution in [1.29, 1.82) is 0 Å². The highest BCUT2D eigenvalue weighted by Gasteiger charge is 2.07.